The second-order valence-corrected chi connectivity index (χ2v) is 2.75. The molecule has 0 atom stereocenters. The van der Waals surface area contributed by atoms with Crippen LogP contribution in [0.4, 0.5) is 8.78 Å². The standard InChI is InChI=1S/C8H8ClF2NO/c1-13-12-4-5-7(10)3-2-6(9)8(5)11/h2-3,12H,4H2,1H3. The third-order valence-electron chi connectivity index (χ3n) is 1.53. The van der Waals surface area contributed by atoms with Gasteiger partial charge in [-0.15, -0.1) is 0 Å². The van der Waals surface area contributed by atoms with E-state index < -0.39 is 11.6 Å². The van der Waals surface area contributed by atoms with E-state index in [9.17, 15) is 8.78 Å². The van der Waals surface area contributed by atoms with Gasteiger partial charge < -0.3 is 4.84 Å². The van der Waals surface area contributed by atoms with Gasteiger partial charge >= 0.3 is 0 Å². The summed E-state index contributed by atoms with van der Waals surface area (Å²) in [6, 6.07) is 2.28. The Balaban J connectivity index is 2.96. The maximum atomic E-state index is 13.1. The third kappa shape index (κ3) is 2.37. The van der Waals surface area contributed by atoms with Crippen molar-refractivity contribution in [2.45, 2.75) is 6.54 Å². The fourth-order valence-corrected chi connectivity index (χ4v) is 1.05. The van der Waals surface area contributed by atoms with Gasteiger partial charge in [0.15, 0.2) is 0 Å². The molecule has 0 aliphatic carbocycles. The van der Waals surface area contributed by atoms with Gasteiger partial charge in [-0.2, -0.15) is 5.48 Å². The van der Waals surface area contributed by atoms with E-state index in [2.05, 4.69) is 10.3 Å². The Morgan fingerprint density at radius 2 is 2.15 bits per heavy atom. The van der Waals surface area contributed by atoms with Crippen LogP contribution in [0.1, 0.15) is 5.56 Å². The highest BCUT2D eigenvalue weighted by atomic mass is 35.5. The highest BCUT2D eigenvalue weighted by molar-refractivity contribution is 6.30. The van der Waals surface area contributed by atoms with E-state index in [0.29, 0.717) is 0 Å². The maximum absolute atomic E-state index is 13.1. The van der Waals surface area contributed by atoms with Crippen molar-refractivity contribution in [3.63, 3.8) is 0 Å². The van der Waals surface area contributed by atoms with Crippen LogP contribution in [0.2, 0.25) is 5.02 Å². The van der Waals surface area contributed by atoms with Crippen LogP contribution < -0.4 is 5.48 Å². The summed E-state index contributed by atoms with van der Waals surface area (Å²) in [6.45, 7) is -0.0608. The molecule has 2 nitrogen and oxygen atoms in total. The summed E-state index contributed by atoms with van der Waals surface area (Å²) >= 11 is 5.45. The van der Waals surface area contributed by atoms with E-state index in [4.69, 9.17) is 11.6 Å². The lowest BCUT2D eigenvalue weighted by atomic mass is 10.2. The summed E-state index contributed by atoms with van der Waals surface area (Å²) in [5, 5.41) is -0.102. The van der Waals surface area contributed by atoms with Gasteiger partial charge in [0.2, 0.25) is 0 Å². The third-order valence-corrected chi connectivity index (χ3v) is 1.82. The van der Waals surface area contributed by atoms with Gasteiger partial charge in [0.25, 0.3) is 0 Å². The van der Waals surface area contributed by atoms with Crippen LogP contribution in [0.3, 0.4) is 0 Å². The number of hydrogen-bond acceptors (Lipinski definition) is 2. The van der Waals surface area contributed by atoms with Gasteiger partial charge in [-0.05, 0) is 12.1 Å². The van der Waals surface area contributed by atoms with Crippen molar-refractivity contribution in [2.75, 3.05) is 7.11 Å². The highest BCUT2D eigenvalue weighted by Crippen LogP contribution is 2.20. The predicted molar refractivity (Wildman–Crippen MR) is 45.2 cm³/mol. The summed E-state index contributed by atoms with van der Waals surface area (Å²) in [5.41, 5.74) is 2.20. The first-order chi connectivity index (χ1) is 6.16. The van der Waals surface area contributed by atoms with E-state index in [0.717, 1.165) is 6.07 Å². The molecule has 0 spiro atoms. The van der Waals surface area contributed by atoms with Crippen molar-refractivity contribution in [3.05, 3.63) is 34.4 Å². The zero-order valence-corrected chi connectivity index (χ0v) is 7.66. The number of halogens is 3. The smallest absolute Gasteiger partial charge is 0.149 e. The average molecular weight is 208 g/mol. The number of nitrogens with one attached hydrogen (secondary N) is 1. The second-order valence-electron chi connectivity index (χ2n) is 2.35. The Labute approximate surface area is 79.4 Å². The fraction of sp³-hybridized carbons (Fsp3) is 0.250. The van der Waals surface area contributed by atoms with E-state index >= 15 is 0 Å². The molecule has 0 saturated carbocycles. The molecule has 0 saturated heterocycles. The molecule has 1 rings (SSSR count). The first-order valence-electron chi connectivity index (χ1n) is 3.55. The lowest BCUT2D eigenvalue weighted by Gasteiger charge is -2.05. The Morgan fingerprint density at radius 3 is 2.77 bits per heavy atom. The molecule has 0 amide bonds. The summed E-state index contributed by atoms with van der Waals surface area (Å²) in [6.07, 6.45) is 0. The lowest BCUT2D eigenvalue weighted by molar-refractivity contribution is 0.0850. The second kappa shape index (κ2) is 4.50. The van der Waals surface area contributed by atoms with Crippen LogP contribution in [0.5, 0.6) is 0 Å². The Morgan fingerprint density at radius 1 is 1.46 bits per heavy atom. The topological polar surface area (TPSA) is 21.3 Å². The molecule has 1 aromatic rings. The number of rotatable bonds is 3. The first-order valence-corrected chi connectivity index (χ1v) is 3.93. The fourth-order valence-electron chi connectivity index (χ4n) is 0.875. The van der Waals surface area contributed by atoms with Gasteiger partial charge in [0.1, 0.15) is 11.6 Å². The van der Waals surface area contributed by atoms with E-state index in [1.54, 1.807) is 0 Å². The predicted octanol–water partition coefficient (Wildman–Crippen LogP) is 2.27. The van der Waals surface area contributed by atoms with Crippen LogP contribution in [0, 0.1) is 11.6 Å². The molecule has 0 heterocycles. The summed E-state index contributed by atoms with van der Waals surface area (Å²) < 4.78 is 26.1. The molecule has 1 aromatic carbocycles. The van der Waals surface area contributed by atoms with E-state index in [-0.39, 0.29) is 17.1 Å². The van der Waals surface area contributed by atoms with Gasteiger partial charge in [-0.3, -0.25) is 0 Å². The summed E-state index contributed by atoms with van der Waals surface area (Å²) in [4.78, 5) is 4.47. The number of benzene rings is 1. The van der Waals surface area contributed by atoms with Crippen LogP contribution in [-0.4, -0.2) is 7.11 Å². The van der Waals surface area contributed by atoms with Crippen LogP contribution in [0.25, 0.3) is 0 Å². The molecule has 13 heavy (non-hydrogen) atoms. The largest absolute Gasteiger partial charge is 0.305 e. The zero-order valence-electron chi connectivity index (χ0n) is 6.90. The molecular formula is C8H8ClF2NO. The van der Waals surface area contributed by atoms with E-state index in [1.165, 1.54) is 13.2 Å². The Kier molecular flexibility index (Phi) is 3.59. The van der Waals surface area contributed by atoms with Gasteiger partial charge in [-0.1, -0.05) is 11.6 Å². The molecule has 0 radical (unpaired) electrons. The average Bonchev–Trinajstić information content (AvgIpc) is 2.12. The van der Waals surface area contributed by atoms with Gasteiger partial charge in [0.05, 0.1) is 18.7 Å². The normalized spacial score (nSPS) is 10.5. The molecule has 0 unspecified atom stereocenters. The Hall–Kier alpha value is -0.710. The van der Waals surface area contributed by atoms with Crippen molar-refractivity contribution in [1.29, 1.82) is 0 Å². The van der Waals surface area contributed by atoms with Crippen molar-refractivity contribution < 1.29 is 13.6 Å². The zero-order chi connectivity index (χ0) is 9.84. The quantitative estimate of drug-likeness (QED) is 0.607. The molecule has 0 aliphatic rings. The molecule has 72 valence electrons. The van der Waals surface area contributed by atoms with Gasteiger partial charge in [-0.25, -0.2) is 8.78 Å². The summed E-state index contributed by atoms with van der Waals surface area (Å²) in [5.74, 6) is -1.40. The Bertz CT molecular complexity index is 306. The minimum Gasteiger partial charge on any atom is -0.305 e. The van der Waals surface area contributed by atoms with Crippen molar-refractivity contribution in [1.82, 2.24) is 5.48 Å². The minimum atomic E-state index is -0.758. The molecular weight excluding hydrogens is 200 g/mol. The molecule has 5 heteroatoms. The SMILES string of the molecule is CONCc1c(F)ccc(Cl)c1F. The van der Waals surface area contributed by atoms with Crippen molar-refractivity contribution in [3.8, 4) is 0 Å². The monoisotopic (exact) mass is 207 g/mol. The minimum absolute atomic E-state index is 0.0608. The van der Waals surface area contributed by atoms with Crippen molar-refractivity contribution in [2.24, 2.45) is 0 Å². The molecule has 1 N–H and O–H groups in total. The molecule has 0 aromatic heterocycles. The van der Waals surface area contributed by atoms with Gasteiger partial charge in [0, 0.05) is 5.56 Å². The lowest BCUT2D eigenvalue weighted by Crippen LogP contribution is -2.13. The maximum Gasteiger partial charge on any atom is 0.149 e. The first kappa shape index (κ1) is 10.4. The summed E-state index contributed by atoms with van der Waals surface area (Å²) in [7, 11) is 1.36. The molecule has 0 fully saturated rings. The number of hydrogen-bond donors (Lipinski definition) is 1. The highest BCUT2D eigenvalue weighted by Gasteiger charge is 2.11. The number of hydroxylamine groups is 1. The molecule has 0 bridgehead atoms. The van der Waals surface area contributed by atoms with Crippen molar-refractivity contribution >= 4 is 11.6 Å². The van der Waals surface area contributed by atoms with Crippen LogP contribution in [-0.2, 0) is 11.4 Å². The van der Waals surface area contributed by atoms with Crippen LogP contribution >= 0.6 is 11.6 Å². The molecule has 0 aliphatic heterocycles. The van der Waals surface area contributed by atoms with E-state index in [1.807, 2.05) is 0 Å². The van der Waals surface area contributed by atoms with Crippen LogP contribution in [0.15, 0.2) is 12.1 Å².